The lowest BCUT2D eigenvalue weighted by Crippen LogP contribution is -2.31. The number of anilines is 1. The van der Waals surface area contributed by atoms with E-state index in [1.807, 2.05) is 31.2 Å². The second-order valence-corrected chi connectivity index (χ2v) is 9.36. The van der Waals surface area contributed by atoms with Crippen molar-refractivity contribution in [1.29, 1.82) is 0 Å². The fourth-order valence-electron chi connectivity index (χ4n) is 4.06. The van der Waals surface area contributed by atoms with Crippen LogP contribution in [0.1, 0.15) is 33.6 Å². The highest BCUT2D eigenvalue weighted by atomic mass is 32.2. The Bertz CT molecular complexity index is 1230. The number of hydrogen-bond acceptors (Lipinski definition) is 4. The molecular weight excluding hydrogens is 418 g/mol. The van der Waals surface area contributed by atoms with Gasteiger partial charge in [-0.1, -0.05) is 30.0 Å². The second-order valence-electron chi connectivity index (χ2n) is 8.21. The van der Waals surface area contributed by atoms with E-state index in [9.17, 15) is 4.79 Å². The number of amides is 1. The van der Waals surface area contributed by atoms with Gasteiger partial charge in [-0.3, -0.25) is 4.79 Å². The number of hydrogen-bond donors (Lipinski definition) is 2. The molecule has 4 rings (SSSR count). The number of benzene rings is 2. The zero-order valence-corrected chi connectivity index (χ0v) is 20.2. The Morgan fingerprint density at radius 1 is 1.09 bits per heavy atom. The lowest BCUT2D eigenvalue weighted by molar-refractivity contribution is -0.116. The van der Waals surface area contributed by atoms with Crippen LogP contribution < -0.4 is 15.4 Å². The minimum Gasteiger partial charge on any atom is -0.495 e. The number of nitrogens with one attached hydrogen (secondary N) is 2. The van der Waals surface area contributed by atoms with Crippen LogP contribution in [-0.2, 0) is 4.79 Å². The van der Waals surface area contributed by atoms with Gasteiger partial charge in [0, 0.05) is 17.1 Å². The van der Waals surface area contributed by atoms with Crippen LogP contribution in [0.25, 0.3) is 11.8 Å². The maximum absolute atomic E-state index is 12.7. The Balaban J connectivity index is 1.61. The first-order valence-electron chi connectivity index (χ1n) is 10.6. The second kappa shape index (κ2) is 8.79. The largest absolute Gasteiger partial charge is 0.495 e. The summed E-state index contributed by atoms with van der Waals surface area (Å²) in [4.78, 5) is 13.4. The van der Waals surface area contributed by atoms with Gasteiger partial charge in [0.25, 0.3) is 5.91 Å². The van der Waals surface area contributed by atoms with Gasteiger partial charge in [-0.25, -0.2) is 0 Å². The number of thioether (sulfide) groups is 1. The molecule has 0 saturated carbocycles. The Morgan fingerprint density at radius 2 is 1.88 bits per heavy atom. The third-order valence-corrected chi connectivity index (χ3v) is 6.97. The zero-order valence-electron chi connectivity index (χ0n) is 19.4. The van der Waals surface area contributed by atoms with E-state index >= 15 is 0 Å². The standard InChI is InChI=1S/C26H29N3O2S/c1-15-10-11-23(31-6)21(12-15)27-26-28-25(30)24(32-26)14-20-13-17(3)29(19(20)5)22-9-7-8-16(2)18(22)4/h7-14,26-27H,1-6H3,(H,28,30)/b24-14-. The Hall–Kier alpha value is -3.12. The summed E-state index contributed by atoms with van der Waals surface area (Å²) in [6.07, 6.45) is 1.99. The van der Waals surface area contributed by atoms with Crippen LogP contribution in [0.15, 0.2) is 47.4 Å². The summed E-state index contributed by atoms with van der Waals surface area (Å²) in [6, 6.07) is 14.5. The first-order valence-corrected chi connectivity index (χ1v) is 11.5. The molecule has 3 aromatic rings. The summed E-state index contributed by atoms with van der Waals surface area (Å²) in [5.74, 6) is 0.676. The van der Waals surface area contributed by atoms with Crippen molar-refractivity contribution in [3.63, 3.8) is 0 Å². The molecule has 0 bridgehead atoms. The number of aryl methyl sites for hydroxylation is 3. The molecule has 0 radical (unpaired) electrons. The summed E-state index contributed by atoms with van der Waals surface area (Å²) < 4.78 is 7.71. The number of carbonyl (C=O) groups is 1. The molecule has 2 aromatic carbocycles. The van der Waals surface area contributed by atoms with Crippen LogP contribution in [0.4, 0.5) is 5.69 Å². The van der Waals surface area contributed by atoms with E-state index in [1.54, 1.807) is 7.11 Å². The molecule has 1 unspecified atom stereocenters. The van der Waals surface area contributed by atoms with Crippen LogP contribution in [0.2, 0.25) is 0 Å². The van der Waals surface area contributed by atoms with E-state index in [2.05, 4.69) is 67.2 Å². The molecule has 0 spiro atoms. The number of carbonyl (C=O) groups excluding carboxylic acids is 1. The van der Waals surface area contributed by atoms with Crippen LogP contribution in [0.3, 0.4) is 0 Å². The van der Waals surface area contributed by atoms with Crippen molar-refractivity contribution < 1.29 is 9.53 Å². The zero-order chi connectivity index (χ0) is 23.0. The fraction of sp³-hybridized carbons (Fsp3) is 0.269. The Kier molecular flexibility index (Phi) is 6.07. The molecule has 1 aromatic heterocycles. The van der Waals surface area contributed by atoms with E-state index in [0.717, 1.165) is 34.0 Å². The molecule has 2 heterocycles. The van der Waals surface area contributed by atoms with Crippen LogP contribution in [0.5, 0.6) is 5.75 Å². The molecule has 1 atom stereocenters. The van der Waals surface area contributed by atoms with Crippen molar-refractivity contribution in [2.75, 3.05) is 12.4 Å². The smallest absolute Gasteiger partial charge is 0.260 e. The molecule has 166 valence electrons. The van der Waals surface area contributed by atoms with E-state index in [4.69, 9.17) is 4.74 Å². The highest BCUT2D eigenvalue weighted by Crippen LogP contribution is 2.34. The van der Waals surface area contributed by atoms with Gasteiger partial charge < -0.3 is 19.9 Å². The van der Waals surface area contributed by atoms with Crippen molar-refractivity contribution in [3.05, 3.63) is 81.0 Å². The molecule has 5 nitrogen and oxygen atoms in total. The van der Waals surface area contributed by atoms with Gasteiger partial charge in [-0.05, 0) is 87.2 Å². The van der Waals surface area contributed by atoms with Crippen molar-refractivity contribution in [1.82, 2.24) is 9.88 Å². The topological polar surface area (TPSA) is 55.3 Å². The molecule has 32 heavy (non-hydrogen) atoms. The Labute approximate surface area is 193 Å². The number of nitrogens with zero attached hydrogens (tertiary/aromatic N) is 1. The van der Waals surface area contributed by atoms with Gasteiger partial charge in [0.05, 0.1) is 17.7 Å². The molecule has 1 aliphatic heterocycles. The summed E-state index contributed by atoms with van der Waals surface area (Å²) in [5, 5.41) is 6.39. The summed E-state index contributed by atoms with van der Waals surface area (Å²) in [6.45, 7) is 10.5. The average Bonchev–Trinajstić information content (AvgIpc) is 3.23. The molecule has 1 saturated heterocycles. The monoisotopic (exact) mass is 447 g/mol. The van der Waals surface area contributed by atoms with Gasteiger partial charge >= 0.3 is 0 Å². The lowest BCUT2D eigenvalue weighted by atomic mass is 10.1. The normalized spacial score (nSPS) is 17.0. The quantitative estimate of drug-likeness (QED) is 0.498. The summed E-state index contributed by atoms with van der Waals surface area (Å²) in [5.41, 5.74) is 8.75. The minimum atomic E-state index is -0.257. The van der Waals surface area contributed by atoms with Crippen molar-refractivity contribution >= 4 is 29.4 Å². The third kappa shape index (κ3) is 4.15. The molecule has 1 aliphatic rings. The molecule has 1 fully saturated rings. The highest BCUT2D eigenvalue weighted by Gasteiger charge is 2.28. The van der Waals surface area contributed by atoms with Gasteiger partial charge in [0.1, 0.15) is 5.75 Å². The van der Waals surface area contributed by atoms with E-state index in [0.29, 0.717) is 4.91 Å². The molecule has 2 N–H and O–H groups in total. The third-order valence-electron chi connectivity index (χ3n) is 5.95. The predicted molar refractivity (Wildman–Crippen MR) is 134 cm³/mol. The van der Waals surface area contributed by atoms with E-state index < -0.39 is 0 Å². The van der Waals surface area contributed by atoms with Gasteiger partial charge in [-0.2, -0.15) is 0 Å². The average molecular weight is 448 g/mol. The number of aromatic nitrogens is 1. The number of rotatable bonds is 5. The first-order chi connectivity index (χ1) is 15.3. The SMILES string of the molecule is COc1ccc(C)cc1NC1NC(=O)/C(=C/c2cc(C)n(-c3cccc(C)c3C)c2C)S1. The summed E-state index contributed by atoms with van der Waals surface area (Å²) >= 11 is 1.48. The maximum atomic E-state index is 12.7. The van der Waals surface area contributed by atoms with E-state index in [1.165, 1.54) is 28.6 Å². The minimum absolute atomic E-state index is 0.0735. The van der Waals surface area contributed by atoms with Crippen molar-refractivity contribution in [2.45, 2.75) is 40.1 Å². The van der Waals surface area contributed by atoms with Crippen LogP contribution >= 0.6 is 11.8 Å². The predicted octanol–water partition coefficient (Wildman–Crippen LogP) is 5.63. The van der Waals surface area contributed by atoms with Crippen LogP contribution in [0, 0.1) is 34.6 Å². The van der Waals surface area contributed by atoms with Gasteiger partial charge in [0.15, 0.2) is 5.50 Å². The lowest BCUT2D eigenvalue weighted by Gasteiger charge is -2.16. The van der Waals surface area contributed by atoms with Gasteiger partial charge in [0.2, 0.25) is 0 Å². The summed E-state index contributed by atoms with van der Waals surface area (Å²) in [7, 11) is 1.65. The number of methoxy groups -OCH3 is 1. The van der Waals surface area contributed by atoms with Crippen molar-refractivity contribution in [3.8, 4) is 11.4 Å². The first kappa shape index (κ1) is 22.1. The van der Waals surface area contributed by atoms with Crippen LogP contribution in [-0.4, -0.2) is 23.1 Å². The molecular formula is C26H29N3O2S. The molecule has 1 amide bonds. The fourth-order valence-corrected chi connectivity index (χ4v) is 5.03. The van der Waals surface area contributed by atoms with E-state index in [-0.39, 0.29) is 11.4 Å². The molecule has 0 aliphatic carbocycles. The van der Waals surface area contributed by atoms with Crippen molar-refractivity contribution in [2.24, 2.45) is 0 Å². The Morgan fingerprint density at radius 3 is 2.62 bits per heavy atom. The highest BCUT2D eigenvalue weighted by molar-refractivity contribution is 8.05. The number of ether oxygens (including phenoxy) is 1. The van der Waals surface area contributed by atoms with Gasteiger partial charge in [-0.15, -0.1) is 0 Å². The maximum Gasteiger partial charge on any atom is 0.260 e. The molecule has 6 heteroatoms.